The van der Waals surface area contributed by atoms with Gasteiger partial charge in [0.05, 0.1) is 0 Å². The molecule has 9 aromatic rings. The fraction of sp³-hybridized carbons (Fsp3) is 0.118. The Morgan fingerprint density at radius 2 is 0.944 bits per heavy atom. The van der Waals surface area contributed by atoms with Gasteiger partial charge in [0.25, 0.3) is 0 Å². The van der Waals surface area contributed by atoms with E-state index in [1.165, 1.54) is 71.4 Å². The van der Waals surface area contributed by atoms with Gasteiger partial charge in [-0.15, -0.1) is 0 Å². The van der Waals surface area contributed by atoms with Crippen molar-refractivity contribution in [3.8, 4) is 56.4 Å². The molecule has 256 valence electrons. The maximum atomic E-state index is 5.28. The average Bonchev–Trinajstić information content (AvgIpc) is 3.61. The third kappa shape index (κ3) is 4.21. The number of fused-ring (bicyclic) bond motifs is 13. The predicted octanol–water partition coefficient (Wildman–Crippen LogP) is 12.9. The van der Waals surface area contributed by atoms with Crippen molar-refractivity contribution in [3.63, 3.8) is 0 Å². The van der Waals surface area contributed by atoms with E-state index in [1.54, 1.807) is 0 Å². The van der Waals surface area contributed by atoms with Crippen LogP contribution in [-0.2, 0) is 10.8 Å². The van der Waals surface area contributed by atoms with Gasteiger partial charge in [-0.05, 0) is 82.9 Å². The summed E-state index contributed by atoms with van der Waals surface area (Å²) in [7, 11) is 0. The molecule has 1 heterocycles. The number of hydrogen-bond acceptors (Lipinski definition) is 3. The van der Waals surface area contributed by atoms with Crippen molar-refractivity contribution >= 4 is 32.3 Å². The normalized spacial score (nSPS) is 14.6. The Morgan fingerprint density at radius 1 is 0.370 bits per heavy atom. The highest BCUT2D eigenvalue weighted by molar-refractivity contribution is 6.26. The summed E-state index contributed by atoms with van der Waals surface area (Å²) < 4.78 is 0. The van der Waals surface area contributed by atoms with Gasteiger partial charge >= 0.3 is 0 Å². The quantitative estimate of drug-likeness (QED) is 0.173. The van der Waals surface area contributed by atoms with Crippen molar-refractivity contribution in [3.05, 3.63) is 174 Å². The Hall–Kier alpha value is -6.45. The predicted molar refractivity (Wildman–Crippen MR) is 224 cm³/mol. The molecule has 0 N–H and O–H groups in total. The summed E-state index contributed by atoms with van der Waals surface area (Å²) in [5.74, 6) is 2.02. The SMILES string of the molecule is CC1(C)c2ccccc2-c2c(-c3nc(-c4ccccc4)nc(-c4ccc5c(ccc6c7c(c8ccccc8c65)-c5ccccc5C7(C)C)c4)n3)cccc21. The minimum Gasteiger partial charge on any atom is -0.208 e. The first-order valence-electron chi connectivity index (χ1n) is 18.9. The molecular weight excluding hydrogens is 655 g/mol. The molecule has 3 heteroatoms. The molecule has 0 aliphatic heterocycles. The van der Waals surface area contributed by atoms with E-state index in [0.717, 1.165) is 22.1 Å². The zero-order valence-corrected chi connectivity index (χ0v) is 30.8. The summed E-state index contributed by atoms with van der Waals surface area (Å²) in [5.41, 5.74) is 13.3. The van der Waals surface area contributed by atoms with E-state index in [9.17, 15) is 0 Å². The highest BCUT2D eigenvalue weighted by Gasteiger charge is 2.39. The second-order valence-corrected chi connectivity index (χ2v) is 16.0. The highest BCUT2D eigenvalue weighted by Crippen LogP contribution is 2.55. The van der Waals surface area contributed by atoms with Crippen LogP contribution in [0.25, 0.3) is 88.7 Å². The molecule has 0 radical (unpaired) electrons. The van der Waals surface area contributed by atoms with E-state index in [2.05, 4.69) is 161 Å². The number of nitrogens with zero attached hydrogens (tertiary/aromatic N) is 3. The van der Waals surface area contributed by atoms with Crippen LogP contribution in [0, 0.1) is 0 Å². The first kappa shape index (κ1) is 31.1. The van der Waals surface area contributed by atoms with Crippen molar-refractivity contribution in [1.82, 2.24) is 15.0 Å². The molecule has 1 aromatic heterocycles. The minimum absolute atomic E-state index is 0.121. The Bertz CT molecular complexity index is 3040. The highest BCUT2D eigenvalue weighted by atomic mass is 15.0. The molecular formula is C51H37N3. The molecule has 0 atom stereocenters. The smallest absolute Gasteiger partial charge is 0.164 e. The lowest BCUT2D eigenvalue weighted by Gasteiger charge is -2.24. The van der Waals surface area contributed by atoms with Crippen LogP contribution in [0.2, 0.25) is 0 Å². The lowest BCUT2D eigenvalue weighted by atomic mass is 9.78. The first-order valence-corrected chi connectivity index (χ1v) is 18.9. The monoisotopic (exact) mass is 691 g/mol. The summed E-state index contributed by atoms with van der Waals surface area (Å²) in [6.45, 7) is 9.38. The second kappa shape index (κ2) is 11.0. The van der Waals surface area contributed by atoms with Gasteiger partial charge in [0.15, 0.2) is 17.5 Å². The summed E-state index contributed by atoms with van der Waals surface area (Å²) >= 11 is 0. The number of aromatic nitrogens is 3. The molecule has 0 saturated heterocycles. The maximum absolute atomic E-state index is 5.28. The molecule has 2 aliphatic rings. The Morgan fingerprint density at radius 3 is 1.72 bits per heavy atom. The summed E-state index contributed by atoms with van der Waals surface area (Å²) in [6, 6.07) is 54.9. The van der Waals surface area contributed by atoms with Gasteiger partial charge in [-0.2, -0.15) is 0 Å². The summed E-state index contributed by atoms with van der Waals surface area (Å²) in [6.07, 6.45) is 0. The number of rotatable bonds is 3. The van der Waals surface area contributed by atoms with Gasteiger partial charge < -0.3 is 0 Å². The van der Waals surface area contributed by atoms with Crippen molar-refractivity contribution in [2.45, 2.75) is 38.5 Å². The molecule has 0 bridgehead atoms. The lowest BCUT2D eigenvalue weighted by molar-refractivity contribution is 0.660. The van der Waals surface area contributed by atoms with E-state index < -0.39 is 0 Å². The van der Waals surface area contributed by atoms with Crippen LogP contribution < -0.4 is 0 Å². The fourth-order valence-corrected chi connectivity index (χ4v) is 9.75. The van der Waals surface area contributed by atoms with Gasteiger partial charge in [0.1, 0.15) is 0 Å². The Labute approximate surface area is 315 Å². The zero-order chi connectivity index (χ0) is 36.3. The molecule has 0 saturated carbocycles. The van der Waals surface area contributed by atoms with E-state index in [1.807, 2.05) is 18.2 Å². The maximum Gasteiger partial charge on any atom is 0.164 e. The van der Waals surface area contributed by atoms with Crippen LogP contribution in [0.5, 0.6) is 0 Å². The summed E-state index contributed by atoms with van der Waals surface area (Å²) in [5, 5.41) is 7.62. The van der Waals surface area contributed by atoms with Crippen LogP contribution in [0.1, 0.15) is 49.9 Å². The standard InChI is InChI=1S/C51H37N3/c1-50(2)40-22-12-10-19-36(40)44-39(21-14-24-42(44)50)49-53-47(30-15-6-5-7-16-30)52-48(54-49)32-26-27-33-31(29-32)25-28-38-43(33)34-17-8-9-18-35(34)45-37-20-11-13-23-41(37)51(3,4)46(38)45/h5-29H,1-4H3. The molecule has 8 aromatic carbocycles. The molecule has 54 heavy (non-hydrogen) atoms. The van der Waals surface area contributed by atoms with Crippen molar-refractivity contribution in [2.24, 2.45) is 0 Å². The van der Waals surface area contributed by atoms with Gasteiger partial charge in [-0.25, -0.2) is 15.0 Å². The first-order chi connectivity index (χ1) is 26.3. The average molecular weight is 692 g/mol. The van der Waals surface area contributed by atoms with Gasteiger partial charge in [-0.1, -0.05) is 173 Å². The van der Waals surface area contributed by atoms with Crippen LogP contribution in [0.4, 0.5) is 0 Å². The molecule has 11 rings (SSSR count). The van der Waals surface area contributed by atoms with E-state index >= 15 is 0 Å². The molecule has 0 unspecified atom stereocenters. The Balaban J connectivity index is 1.14. The van der Waals surface area contributed by atoms with Gasteiger partial charge in [-0.3, -0.25) is 0 Å². The number of hydrogen-bond donors (Lipinski definition) is 0. The topological polar surface area (TPSA) is 38.7 Å². The van der Waals surface area contributed by atoms with E-state index in [4.69, 9.17) is 15.0 Å². The van der Waals surface area contributed by atoms with E-state index in [-0.39, 0.29) is 10.8 Å². The molecule has 0 amide bonds. The molecule has 2 aliphatic carbocycles. The zero-order valence-electron chi connectivity index (χ0n) is 30.8. The third-order valence-corrected chi connectivity index (χ3v) is 12.3. The van der Waals surface area contributed by atoms with Crippen LogP contribution in [0.3, 0.4) is 0 Å². The van der Waals surface area contributed by atoms with Crippen molar-refractivity contribution in [1.29, 1.82) is 0 Å². The molecule has 0 fully saturated rings. The fourth-order valence-electron chi connectivity index (χ4n) is 9.75. The second-order valence-electron chi connectivity index (χ2n) is 16.0. The van der Waals surface area contributed by atoms with Crippen molar-refractivity contribution < 1.29 is 0 Å². The third-order valence-electron chi connectivity index (χ3n) is 12.3. The van der Waals surface area contributed by atoms with E-state index in [0.29, 0.717) is 17.5 Å². The molecule has 0 spiro atoms. The largest absolute Gasteiger partial charge is 0.208 e. The lowest BCUT2D eigenvalue weighted by Crippen LogP contribution is -2.15. The Kier molecular flexibility index (Phi) is 6.36. The minimum atomic E-state index is -0.122. The van der Waals surface area contributed by atoms with Crippen LogP contribution in [-0.4, -0.2) is 15.0 Å². The molecule has 3 nitrogen and oxygen atoms in total. The van der Waals surface area contributed by atoms with Gasteiger partial charge in [0.2, 0.25) is 0 Å². The number of benzene rings is 8. The summed E-state index contributed by atoms with van der Waals surface area (Å²) in [4.78, 5) is 15.6. The van der Waals surface area contributed by atoms with Crippen molar-refractivity contribution in [2.75, 3.05) is 0 Å². The van der Waals surface area contributed by atoms with Crippen LogP contribution in [0.15, 0.2) is 152 Å². The van der Waals surface area contributed by atoms with Gasteiger partial charge in [0, 0.05) is 27.5 Å². The van der Waals surface area contributed by atoms with Crippen LogP contribution >= 0.6 is 0 Å².